The first-order chi connectivity index (χ1) is 6.22. The van der Waals surface area contributed by atoms with Crippen LogP contribution < -0.4 is 4.74 Å². The van der Waals surface area contributed by atoms with Crippen LogP contribution in [0.2, 0.25) is 0 Å². The van der Waals surface area contributed by atoms with Gasteiger partial charge in [0.05, 0.1) is 6.20 Å². The van der Waals surface area contributed by atoms with E-state index in [4.69, 9.17) is 4.74 Å². The van der Waals surface area contributed by atoms with Gasteiger partial charge in [-0.05, 0) is 22.0 Å². The molecule has 0 spiro atoms. The first kappa shape index (κ1) is 9.85. The number of carbonyl (C=O) groups is 2. The summed E-state index contributed by atoms with van der Waals surface area (Å²) in [5, 5.41) is 0. The summed E-state index contributed by atoms with van der Waals surface area (Å²) >= 11 is 3.17. The molecule has 0 fully saturated rings. The van der Waals surface area contributed by atoms with E-state index >= 15 is 0 Å². The Morgan fingerprint density at radius 2 is 2.38 bits per heavy atom. The predicted molar refractivity (Wildman–Crippen MR) is 48.3 cm³/mol. The molecule has 13 heavy (non-hydrogen) atoms. The monoisotopic (exact) mass is 243 g/mol. The minimum Gasteiger partial charge on any atom is -0.425 e. The summed E-state index contributed by atoms with van der Waals surface area (Å²) in [6, 6.07) is 1.59. The number of pyridine rings is 1. The second-order valence-corrected chi connectivity index (χ2v) is 3.10. The third kappa shape index (κ3) is 3.33. The van der Waals surface area contributed by atoms with Gasteiger partial charge < -0.3 is 9.53 Å². The molecule has 0 aliphatic rings. The van der Waals surface area contributed by atoms with Gasteiger partial charge in [-0.15, -0.1) is 0 Å². The van der Waals surface area contributed by atoms with Gasteiger partial charge in [0.25, 0.3) is 0 Å². The van der Waals surface area contributed by atoms with Gasteiger partial charge in [0.1, 0.15) is 18.5 Å². The van der Waals surface area contributed by atoms with E-state index in [1.165, 1.54) is 6.20 Å². The molecule has 0 aliphatic heterocycles. The highest BCUT2D eigenvalue weighted by molar-refractivity contribution is 9.10. The van der Waals surface area contributed by atoms with Gasteiger partial charge >= 0.3 is 5.97 Å². The zero-order valence-corrected chi connectivity index (χ0v) is 8.15. The Labute approximate surface area is 83.1 Å². The van der Waals surface area contributed by atoms with Gasteiger partial charge in [-0.1, -0.05) is 0 Å². The lowest BCUT2D eigenvalue weighted by Crippen LogP contribution is -2.07. The van der Waals surface area contributed by atoms with E-state index in [0.29, 0.717) is 16.5 Å². The largest absolute Gasteiger partial charge is 0.425 e. The number of nitrogens with zero attached hydrogens (tertiary/aromatic N) is 1. The summed E-state index contributed by atoms with van der Waals surface area (Å²) < 4.78 is 5.48. The predicted octanol–water partition coefficient (Wildman–Crippen LogP) is 1.34. The zero-order valence-electron chi connectivity index (χ0n) is 6.57. The van der Waals surface area contributed by atoms with E-state index in [1.54, 1.807) is 12.3 Å². The fourth-order valence-corrected chi connectivity index (χ4v) is 1.03. The Kier molecular flexibility index (Phi) is 3.57. The standard InChI is InChI=1S/C8H6BrNO3/c9-6-3-7(5-10-4-6)13-8(12)1-2-11/h2-5H,1H2. The third-order valence-corrected chi connectivity index (χ3v) is 1.60. The minimum absolute atomic E-state index is 0.244. The summed E-state index contributed by atoms with van der Waals surface area (Å²) in [6.45, 7) is 0. The third-order valence-electron chi connectivity index (χ3n) is 1.16. The molecule has 1 rings (SSSR count). The molecule has 0 N–H and O–H groups in total. The first-order valence-electron chi connectivity index (χ1n) is 3.47. The quantitative estimate of drug-likeness (QED) is 0.457. The number of esters is 1. The number of ether oxygens (including phenoxy) is 1. The molecule has 0 aliphatic carbocycles. The minimum atomic E-state index is -0.588. The fraction of sp³-hybridized carbons (Fsp3) is 0.125. The highest BCUT2D eigenvalue weighted by Crippen LogP contribution is 2.15. The number of aromatic nitrogens is 1. The summed E-state index contributed by atoms with van der Waals surface area (Å²) in [5.41, 5.74) is 0. The van der Waals surface area contributed by atoms with E-state index in [9.17, 15) is 9.59 Å². The Bertz CT molecular complexity index is 327. The molecule has 0 unspecified atom stereocenters. The number of rotatable bonds is 3. The lowest BCUT2D eigenvalue weighted by molar-refractivity contribution is -0.135. The van der Waals surface area contributed by atoms with Crippen molar-refractivity contribution < 1.29 is 14.3 Å². The lowest BCUT2D eigenvalue weighted by Gasteiger charge is -2.00. The number of hydrogen-bond acceptors (Lipinski definition) is 4. The molecule has 0 aromatic carbocycles. The van der Waals surface area contributed by atoms with Crippen molar-refractivity contribution >= 4 is 28.2 Å². The van der Waals surface area contributed by atoms with Gasteiger partial charge in [0.15, 0.2) is 0 Å². The maximum atomic E-state index is 10.8. The van der Waals surface area contributed by atoms with E-state index in [2.05, 4.69) is 20.9 Å². The molecule has 1 aromatic rings. The average Bonchev–Trinajstić information content (AvgIpc) is 2.04. The van der Waals surface area contributed by atoms with Crippen molar-refractivity contribution in [1.82, 2.24) is 4.98 Å². The van der Waals surface area contributed by atoms with E-state index < -0.39 is 5.97 Å². The number of hydrogen-bond donors (Lipinski definition) is 0. The second kappa shape index (κ2) is 4.71. The van der Waals surface area contributed by atoms with Crippen molar-refractivity contribution in [3.8, 4) is 5.75 Å². The van der Waals surface area contributed by atoms with E-state index in [-0.39, 0.29) is 6.42 Å². The fourth-order valence-electron chi connectivity index (χ4n) is 0.689. The molecule has 0 atom stereocenters. The van der Waals surface area contributed by atoms with Crippen molar-refractivity contribution in [3.05, 3.63) is 22.9 Å². The molecule has 0 saturated heterocycles. The maximum absolute atomic E-state index is 10.8. The van der Waals surface area contributed by atoms with Crippen molar-refractivity contribution in [2.24, 2.45) is 0 Å². The van der Waals surface area contributed by atoms with Gasteiger partial charge in [0.2, 0.25) is 0 Å². The molecule has 1 heterocycles. The van der Waals surface area contributed by atoms with Crippen LogP contribution >= 0.6 is 15.9 Å². The Balaban J connectivity index is 2.63. The summed E-state index contributed by atoms with van der Waals surface area (Å²) in [6.07, 6.45) is 3.21. The molecular weight excluding hydrogens is 238 g/mol. The molecule has 68 valence electrons. The Hall–Kier alpha value is -1.23. The van der Waals surface area contributed by atoms with Crippen LogP contribution in [-0.4, -0.2) is 17.2 Å². The maximum Gasteiger partial charge on any atom is 0.318 e. The molecule has 4 nitrogen and oxygen atoms in total. The summed E-state index contributed by atoms with van der Waals surface area (Å²) in [5.74, 6) is -0.267. The summed E-state index contributed by atoms with van der Waals surface area (Å²) in [7, 11) is 0. The molecule has 0 saturated carbocycles. The molecule has 0 amide bonds. The smallest absolute Gasteiger partial charge is 0.318 e. The van der Waals surface area contributed by atoms with Crippen LogP contribution in [0.25, 0.3) is 0 Å². The highest BCUT2D eigenvalue weighted by atomic mass is 79.9. The van der Waals surface area contributed by atoms with Gasteiger partial charge in [-0.2, -0.15) is 0 Å². The van der Waals surface area contributed by atoms with Crippen LogP contribution in [0.4, 0.5) is 0 Å². The molecule has 0 radical (unpaired) electrons. The normalized spacial score (nSPS) is 9.31. The van der Waals surface area contributed by atoms with Gasteiger partial charge in [-0.25, -0.2) is 0 Å². The van der Waals surface area contributed by atoms with Gasteiger partial charge in [0, 0.05) is 10.7 Å². The SMILES string of the molecule is O=CCC(=O)Oc1cncc(Br)c1. The molecule has 0 bridgehead atoms. The van der Waals surface area contributed by atoms with E-state index in [0.717, 1.165) is 0 Å². The van der Waals surface area contributed by atoms with Crippen molar-refractivity contribution in [2.75, 3.05) is 0 Å². The van der Waals surface area contributed by atoms with Crippen LogP contribution in [0.5, 0.6) is 5.75 Å². The van der Waals surface area contributed by atoms with Crippen LogP contribution in [0, 0.1) is 0 Å². The van der Waals surface area contributed by atoms with E-state index in [1.807, 2.05) is 0 Å². The average molecular weight is 244 g/mol. The topological polar surface area (TPSA) is 56.3 Å². The number of aldehydes is 1. The van der Waals surface area contributed by atoms with Crippen molar-refractivity contribution in [2.45, 2.75) is 6.42 Å². The Morgan fingerprint density at radius 3 is 3.00 bits per heavy atom. The highest BCUT2D eigenvalue weighted by Gasteiger charge is 2.03. The van der Waals surface area contributed by atoms with Crippen LogP contribution in [0.3, 0.4) is 0 Å². The molecular formula is C8H6BrNO3. The van der Waals surface area contributed by atoms with Crippen LogP contribution in [-0.2, 0) is 9.59 Å². The number of halogens is 1. The molecule has 5 heteroatoms. The number of carbonyl (C=O) groups excluding carboxylic acids is 2. The zero-order chi connectivity index (χ0) is 9.68. The molecule has 1 aromatic heterocycles. The van der Waals surface area contributed by atoms with Crippen LogP contribution in [0.15, 0.2) is 22.9 Å². The van der Waals surface area contributed by atoms with Crippen molar-refractivity contribution in [3.63, 3.8) is 0 Å². The second-order valence-electron chi connectivity index (χ2n) is 2.18. The lowest BCUT2D eigenvalue weighted by atomic mass is 10.4. The van der Waals surface area contributed by atoms with Crippen molar-refractivity contribution in [1.29, 1.82) is 0 Å². The Morgan fingerprint density at radius 1 is 1.62 bits per heavy atom. The van der Waals surface area contributed by atoms with Crippen LogP contribution in [0.1, 0.15) is 6.42 Å². The van der Waals surface area contributed by atoms with Gasteiger partial charge in [-0.3, -0.25) is 9.78 Å². The summed E-state index contributed by atoms with van der Waals surface area (Å²) in [4.78, 5) is 24.6. The first-order valence-corrected chi connectivity index (χ1v) is 4.26.